The van der Waals surface area contributed by atoms with Gasteiger partial charge in [0.15, 0.2) is 0 Å². The van der Waals surface area contributed by atoms with Gasteiger partial charge in [0.2, 0.25) is 0 Å². The number of para-hydroxylation sites is 1. The van der Waals surface area contributed by atoms with Gasteiger partial charge in [0.05, 0.1) is 6.07 Å². The van der Waals surface area contributed by atoms with Crippen molar-refractivity contribution >= 4 is 11.1 Å². The van der Waals surface area contributed by atoms with Gasteiger partial charge in [0.1, 0.15) is 6.39 Å². The molecule has 0 saturated heterocycles. The zero-order chi connectivity index (χ0) is 9.10. The summed E-state index contributed by atoms with van der Waals surface area (Å²) in [5, 5.41) is 8.45. The Morgan fingerprint density at radius 2 is 2.36 bits per heavy atom. The van der Waals surface area contributed by atoms with Gasteiger partial charge >= 0.3 is 32.7 Å². The zero-order valence-corrected chi connectivity index (χ0v) is 10.4. The Hall–Kier alpha value is -0.716. The van der Waals surface area contributed by atoms with E-state index >= 15 is 0 Å². The molecule has 4 heteroatoms. The fourth-order valence-corrected chi connectivity index (χ4v) is 1.28. The van der Waals surface area contributed by atoms with Crippen LogP contribution in [0.25, 0.3) is 11.1 Å². The molecule has 2 aromatic rings. The van der Waals surface area contributed by atoms with Crippen LogP contribution >= 0.6 is 0 Å². The summed E-state index contributed by atoms with van der Waals surface area (Å²) in [7, 11) is 0. The van der Waals surface area contributed by atoms with E-state index in [0.717, 1.165) is 16.7 Å². The molecule has 0 amide bonds. The van der Waals surface area contributed by atoms with E-state index in [0.29, 0.717) is 12.8 Å². The van der Waals surface area contributed by atoms with E-state index in [-0.39, 0.29) is 32.7 Å². The number of hydrogen-bond acceptors (Lipinski definition) is 3. The third-order valence-corrected chi connectivity index (χ3v) is 1.90. The van der Waals surface area contributed by atoms with E-state index < -0.39 is 0 Å². The van der Waals surface area contributed by atoms with Crippen molar-refractivity contribution in [3.63, 3.8) is 0 Å². The quantitative estimate of drug-likeness (QED) is 0.777. The van der Waals surface area contributed by atoms with Crippen LogP contribution in [0.3, 0.4) is 0 Å². The van der Waals surface area contributed by atoms with Crippen molar-refractivity contribution in [1.29, 1.82) is 5.26 Å². The topological polar surface area (TPSA) is 49.8 Å². The second kappa shape index (κ2) is 5.24. The Kier molecular flexibility index (Phi) is 4.25. The third kappa shape index (κ3) is 2.20. The molecule has 1 aromatic heterocycles. The maximum Gasteiger partial charge on any atom is 3.00 e. The van der Waals surface area contributed by atoms with Crippen LogP contribution in [-0.2, 0) is 39.1 Å². The monoisotopic (exact) mass is 260 g/mol. The zero-order valence-electron chi connectivity index (χ0n) is 7.53. The summed E-state index contributed by atoms with van der Waals surface area (Å²) in [5.41, 5.74) is 2.57. The molecule has 0 bridgehead atoms. The molecule has 14 heavy (non-hydrogen) atoms. The molecule has 0 spiro atoms. The number of oxazole rings is 1. The first-order chi connectivity index (χ1) is 6.42. The molecule has 0 aliphatic rings. The third-order valence-electron chi connectivity index (χ3n) is 1.90. The van der Waals surface area contributed by atoms with Gasteiger partial charge < -0.3 is 9.40 Å². The second-order valence-corrected chi connectivity index (χ2v) is 2.73. The smallest absolute Gasteiger partial charge is 0.573 e. The first kappa shape index (κ1) is 11.4. The first-order valence-electron chi connectivity index (χ1n) is 4.03. The van der Waals surface area contributed by atoms with Crippen LogP contribution in [0.4, 0.5) is 0 Å². The fourth-order valence-electron chi connectivity index (χ4n) is 1.28. The number of aromatic nitrogens is 1. The van der Waals surface area contributed by atoms with Gasteiger partial charge in [-0.15, -0.1) is 6.07 Å². The van der Waals surface area contributed by atoms with Crippen molar-refractivity contribution in [2.24, 2.45) is 0 Å². The van der Waals surface area contributed by atoms with Crippen molar-refractivity contribution in [3.05, 3.63) is 30.2 Å². The Labute approximate surface area is 107 Å². The van der Waals surface area contributed by atoms with E-state index in [1.807, 2.05) is 18.2 Å². The molecular weight excluding hydrogens is 253 g/mol. The number of nitrogens with zero attached hydrogens (tertiary/aromatic N) is 2. The molecule has 0 N–H and O–H groups in total. The van der Waals surface area contributed by atoms with Gasteiger partial charge in [-0.2, -0.15) is 5.26 Å². The summed E-state index contributed by atoms with van der Waals surface area (Å²) in [5.74, 6) is 0. The minimum atomic E-state index is 0. The molecule has 0 radical (unpaired) electrons. The summed E-state index contributed by atoms with van der Waals surface area (Å²) in [6.45, 7) is 0. The van der Waals surface area contributed by atoms with Gasteiger partial charge in [-0.1, -0.05) is 17.7 Å². The van der Waals surface area contributed by atoms with E-state index in [4.69, 9.17) is 9.68 Å². The minimum absolute atomic E-state index is 0. The molecular formula is C10H7N2OY+2. The number of fused-ring (bicyclic) bond motifs is 1. The molecule has 0 aliphatic heterocycles. The largest absolute Gasteiger partial charge is 3.00 e. The normalized spacial score (nSPS) is 9.36. The van der Waals surface area contributed by atoms with Gasteiger partial charge in [-0.05, 0) is 17.5 Å². The summed E-state index contributed by atoms with van der Waals surface area (Å²) >= 11 is 0. The molecule has 0 unspecified atom stereocenters. The predicted molar refractivity (Wildman–Crippen MR) is 46.8 cm³/mol. The number of benzene rings is 1. The van der Waals surface area contributed by atoms with Crippen molar-refractivity contribution < 1.29 is 37.1 Å². The fraction of sp³-hybridized carbons (Fsp3) is 0.200. The standard InChI is InChI=1S/C10H7N2O.Y/c11-6-2-4-8-3-1-5-9-10(8)13-7-12-9;/h1,3,5H,2,4H2;/q-1;+3. The molecule has 1 aromatic carbocycles. The molecule has 0 aliphatic carbocycles. The first-order valence-corrected chi connectivity index (χ1v) is 4.03. The number of rotatable bonds is 2. The predicted octanol–water partition coefficient (Wildman–Crippen LogP) is 2.08. The van der Waals surface area contributed by atoms with Gasteiger partial charge in [-0.25, -0.2) is 0 Å². The number of hydrogen-bond donors (Lipinski definition) is 0. The molecule has 3 nitrogen and oxygen atoms in total. The molecule has 0 fully saturated rings. The van der Waals surface area contributed by atoms with Crippen molar-refractivity contribution in [2.45, 2.75) is 12.8 Å². The Bertz CT molecular complexity index is 458. The van der Waals surface area contributed by atoms with Gasteiger partial charge in [0, 0.05) is 6.42 Å². The van der Waals surface area contributed by atoms with Crippen LogP contribution < -0.4 is 0 Å². The summed E-state index contributed by atoms with van der Waals surface area (Å²) < 4.78 is 5.10. The van der Waals surface area contributed by atoms with Crippen LogP contribution in [0.1, 0.15) is 12.0 Å². The van der Waals surface area contributed by atoms with Crippen molar-refractivity contribution in [2.75, 3.05) is 0 Å². The number of aryl methyl sites for hydroxylation is 1. The molecule has 2 rings (SSSR count). The van der Waals surface area contributed by atoms with E-state index in [1.54, 1.807) is 0 Å². The maximum absolute atomic E-state index is 8.45. The Morgan fingerprint density at radius 3 is 3.14 bits per heavy atom. The summed E-state index contributed by atoms with van der Waals surface area (Å²) in [6.07, 6.45) is 3.65. The van der Waals surface area contributed by atoms with Crippen LogP contribution in [0.5, 0.6) is 0 Å². The van der Waals surface area contributed by atoms with Crippen molar-refractivity contribution in [1.82, 2.24) is 4.98 Å². The van der Waals surface area contributed by atoms with Crippen LogP contribution in [0, 0.1) is 17.7 Å². The molecule has 64 valence electrons. The van der Waals surface area contributed by atoms with E-state index in [1.165, 1.54) is 0 Å². The van der Waals surface area contributed by atoms with Gasteiger partial charge in [-0.3, -0.25) is 0 Å². The van der Waals surface area contributed by atoms with Crippen LogP contribution in [0.2, 0.25) is 0 Å². The molecule has 0 saturated carbocycles. The van der Waals surface area contributed by atoms with Gasteiger partial charge in [0.25, 0.3) is 0 Å². The number of nitriles is 1. The van der Waals surface area contributed by atoms with E-state index in [2.05, 4.69) is 17.4 Å². The van der Waals surface area contributed by atoms with Crippen LogP contribution in [-0.4, -0.2) is 4.98 Å². The Balaban J connectivity index is 0.000000980. The average molecular weight is 260 g/mol. The van der Waals surface area contributed by atoms with E-state index in [9.17, 15) is 0 Å². The van der Waals surface area contributed by atoms with Crippen molar-refractivity contribution in [3.8, 4) is 6.07 Å². The maximum atomic E-state index is 8.45. The summed E-state index contributed by atoms with van der Waals surface area (Å²) in [4.78, 5) is 3.91. The molecule has 1 heterocycles. The van der Waals surface area contributed by atoms with Crippen LogP contribution in [0.15, 0.2) is 22.6 Å². The molecule has 0 atom stereocenters. The second-order valence-electron chi connectivity index (χ2n) is 2.73. The Morgan fingerprint density at radius 1 is 1.50 bits per heavy atom. The SMILES string of the molecule is N#CCCc1cccc2n[c-]oc12.[Y+3]. The summed E-state index contributed by atoms with van der Waals surface area (Å²) in [6, 6.07) is 7.82. The average Bonchev–Trinajstić information content (AvgIpc) is 2.62. The minimum Gasteiger partial charge on any atom is -0.573 e.